The zero-order valence-corrected chi connectivity index (χ0v) is 10.6. The highest BCUT2D eigenvalue weighted by Gasteiger charge is 2.04. The predicted molar refractivity (Wildman–Crippen MR) is 69.8 cm³/mol. The molecule has 94 valence electrons. The van der Waals surface area contributed by atoms with E-state index < -0.39 is 0 Å². The Morgan fingerprint density at radius 3 is 1.61 bits per heavy atom. The lowest BCUT2D eigenvalue weighted by Gasteiger charge is -2.06. The largest absolute Gasteiger partial charge is 0.478 e. The average molecular weight is 244 g/mol. The van der Waals surface area contributed by atoms with Gasteiger partial charge in [0.15, 0.2) is 0 Å². The number of pyridine rings is 2. The van der Waals surface area contributed by atoms with Gasteiger partial charge in [-0.05, 0) is 26.0 Å². The van der Waals surface area contributed by atoms with Crippen molar-refractivity contribution in [1.29, 1.82) is 0 Å². The van der Waals surface area contributed by atoms with Crippen LogP contribution >= 0.6 is 0 Å². The number of nitrogens with zero attached hydrogens (tertiary/aromatic N) is 2. The van der Waals surface area contributed by atoms with Gasteiger partial charge in [0.05, 0.1) is 24.6 Å². The molecule has 2 heterocycles. The fraction of sp³-hybridized carbons (Fsp3) is 0.286. The third-order valence-electron chi connectivity index (χ3n) is 2.29. The highest BCUT2D eigenvalue weighted by molar-refractivity contribution is 5.55. The van der Waals surface area contributed by atoms with Crippen molar-refractivity contribution < 1.29 is 9.47 Å². The Labute approximate surface area is 107 Å². The van der Waals surface area contributed by atoms with Gasteiger partial charge in [-0.2, -0.15) is 0 Å². The van der Waals surface area contributed by atoms with Gasteiger partial charge in [0.1, 0.15) is 0 Å². The zero-order valence-electron chi connectivity index (χ0n) is 10.6. The van der Waals surface area contributed by atoms with Crippen molar-refractivity contribution in [3.63, 3.8) is 0 Å². The quantitative estimate of drug-likeness (QED) is 0.811. The van der Waals surface area contributed by atoms with Crippen LogP contribution in [0.5, 0.6) is 11.8 Å². The van der Waals surface area contributed by atoms with E-state index >= 15 is 0 Å². The summed E-state index contributed by atoms with van der Waals surface area (Å²) in [6.45, 7) is 5.07. The van der Waals surface area contributed by atoms with Crippen LogP contribution in [0.3, 0.4) is 0 Å². The van der Waals surface area contributed by atoms with Crippen LogP contribution < -0.4 is 9.47 Å². The van der Waals surface area contributed by atoms with Crippen LogP contribution in [0.25, 0.3) is 11.4 Å². The summed E-state index contributed by atoms with van der Waals surface area (Å²) in [4.78, 5) is 8.79. The molecule has 0 saturated carbocycles. The Hall–Kier alpha value is -2.10. The van der Waals surface area contributed by atoms with Gasteiger partial charge >= 0.3 is 0 Å². The second kappa shape index (κ2) is 6.00. The fourth-order valence-electron chi connectivity index (χ4n) is 1.57. The number of aromatic nitrogens is 2. The summed E-state index contributed by atoms with van der Waals surface area (Å²) in [6, 6.07) is 11.3. The van der Waals surface area contributed by atoms with Gasteiger partial charge in [-0.3, -0.25) is 0 Å². The standard InChI is InChI=1S/C14H16N2O2/c1-3-17-13-9-5-7-11(15-13)12-8-6-10-14(16-12)18-4-2/h5-10H,3-4H2,1-2H3. The van der Waals surface area contributed by atoms with Gasteiger partial charge in [-0.15, -0.1) is 0 Å². The van der Waals surface area contributed by atoms with Gasteiger partial charge < -0.3 is 9.47 Å². The molecule has 4 heteroatoms. The highest BCUT2D eigenvalue weighted by atomic mass is 16.5. The van der Waals surface area contributed by atoms with Gasteiger partial charge in [0, 0.05) is 12.1 Å². The zero-order chi connectivity index (χ0) is 12.8. The molecular weight excluding hydrogens is 228 g/mol. The summed E-state index contributed by atoms with van der Waals surface area (Å²) >= 11 is 0. The van der Waals surface area contributed by atoms with Crippen LogP contribution in [-0.2, 0) is 0 Å². The second-order valence-electron chi connectivity index (χ2n) is 3.59. The molecule has 0 atom stereocenters. The van der Waals surface area contributed by atoms with E-state index in [0.29, 0.717) is 25.0 Å². The maximum Gasteiger partial charge on any atom is 0.213 e. The lowest BCUT2D eigenvalue weighted by Crippen LogP contribution is -1.97. The number of ether oxygens (including phenoxy) is 2. The van der Waals surface area contributed by atoms with E-state index in [1.807, 2.05) is 50.2 Å². The first-order valence-electron chi connectivity index (χ1n) is 6.03. The van der Waals surface area contributed by atoms with Crippen LogP contribution in [0, 0.1) is 0 Å². The van der Waals surface area contributed by atoms with Crippen molar-refractivity contribution >= 4 is 0 Å². The Balaban J connectivity index is 2.29. The first-order valence-corrected chi connectivity index (χ1v) is 6.03. The van der Waals surface area contributed by atoms with E-state index in [2.05, 4.69) is 9.97 Å². The molecule has 0 aromatic carbocycles. The molecule has 0 aliphatic heterocycles. The molecule has 18 heavy (non-hydrogen) atoms. The highest BCUT2D eigenvalue weighted by Crippen LogP contribution is 2.20. The van der Waals surface area contributed by atoms with Crippen LogP contribution in [0.15, 0.2) is 36.4 Å². The molecule has 0 unspecified atom stereocenters. The summed E-state index contributed by atoms with van der Waals surface area (Å²) in [5, 5.41) is 0. The molecule has 0 N–H and O–H groups in total. The lowest BCUT2D eigenvalue weighted by molar-refractivity contribution is 0.325. The van der Waals surface area contributed by atoms with Gasteiger partial charge in [0.25, 0.3) is 0 Å². The van der Waals surface area contributed by atoms with Crippen molar-refractivity contribution in [2.75, 3.05) is 13.2 Å². The minimum absolute atomic E-state index is 0.600. The summed E-state index contributed by atoms with van der Waals surface area (Å²) in [5.41, 5.74) is 1.56. The molecule has 2 aromatic heterocycles. The molecule has 0 radical (unpaired) electrons. The number of rotatable bonds is 5. The van der Waals surface area contributed by atoms with Gasteiger partial charge in [0.2, 0.25) is 11.8 Å². The molecule has 0 aliphatic rings. The summed E-state index contributed by atoms with van der Waals surface area (Å²) in [6.07, 6.45) is 0. The molecule has 0 spiro atoms. The molecule has 2 aromatic rings. The van der Waals surface area contributed by atoms with Crippen molar-refractivity contribution in [2.24, 2.45) is 0 Å². The molecule has 0 saturated heterocycles. The molecule has 0 bridgehead atoms. The van der Waals surface area contributed by atoms with Crippen molar-refractivity contribution in [2.45, 2.75) is 13.8 Å². The predicted octanol–water partition coefficient (Wildman–Crippen LogP) is 2.94. The summed E-state index contributed by atoms with van der Waals surface area (Å²) < 4.78 is 10.8. The Morgan fingerprint density at radius 2 is 1.22 bits per heavy atom. The molecule has 0 fully saturated rings. The maximum atomic E-state index is 5.38. The Kier molecular flexibility index (Phi) is 4.12. The number of hydrogen-bond donors (Lipinski definition) is 0. The molecule has 0 aliphatic carbocycles. The first kappa shape index (κ1) is 12.4. The van der Waals surface area contributed by atoms with E-state index in [1.54, 1.807) is 0 Å². The summed E-state index contributed by atoms with van der Waals surface area (Å²) in [5.74, 6) is 1.22. The van der Waals surface area contributed by atoms with E-state index in [9.17, 15) is 0 Å². The van der Waals surface area contributed by atoms with Gasteiger partial charge in [-0.1, -0.05) is 12.1 Å². The normalized spacial score (nSPS) is 10.1. The summed E-state index contributed by atoms with van der Waals surface area (Å²) in [7, 11) is 0. The SMILES string of the molecule is CCOc1cccc(-c2cccc(OCC)n2)n1. The average Bonchev–Trinajstić information content (AvgIpc) is 2.40. The van der Waals surface area contributed by atoms with Crippen LogP contribution in [0.1, 0.15) is 13.8 Å². The molecule has 4 nitrogen and oxygen atoms in total. The fourth-order valence-corrected chi connectivity index (χ4v) is 1.57. The van der Waals surface area contributed by atoms with E-state index in [1.165, 1.54) is 0 Å². The van der Waals surface area contributed by atoms with Crippen LogP contribution in [0.4, 0.5) is 0 Å². The third kappa shape index (κ3) is 2.97. The minimum atomic E-state index is 0.600. The third-order valence-corrected chi connectivity index (χ3v) is 2.29. The first-order chi connectivity index (χ1) is 8.83. The minimum Gasteiger partial charge on any atom is -0.478 e. The Bertz CT molecular complexity index is 467. The van der Waals surface area contributed by atoms with Crippen molar-refractivity contribution in [1.82, 2.24) is 9.97 Å². The smallest absolute Gasteiger partial charge is 0.213 e. The van der Waals surface area contributed by atoms with E-state index in [4.69, 9.17) is 9.47 Å². The van der Waals surface area contributed by atoms with Crippen LogP contribution in [0.2, 0.25) is 0 Å². The topological polar surface area (TPSA) is 44.2 Å². The van der Waals surface area contributed by atoms with Crippen LogP contribution in [-0.4, -0.2) is 23.2 Å². The second-order valence-corrected chi connectivity index (χ2v) is 3.59. The van der Waals surface area contributed by atoms with Gasteiger partial charge in [-0.25, -0.2) is 9.97 Å². The van der Waals surface area contributed by atoms with Crippen molar-refractivity contribution in [3.8, 4) is 23.1 Å². The Morgan fingerprint density at radius 1 is 0.778 bits per heavy atom. The molecule has 0 amide bonds. The van der Waals surface area contributed by atoms with E-state index in [0.717, 1.165) is 11.4 Å². The monoisotopic (exact) mass is 244 g/mol. The maximum absolute atomic E-state index is 5.38. The van der Waals surface area contributed by atoms with E-state index in [-0.39, 0.29) is 0 Å². The number of hydrogen-bond acceptors (Lipinski definition) is 4. The van der Waals surface area contributed by atoms with Crippen molar-refractivity contribution in [3.05, 3.63) is 36.4 Å². The molecule has 2 rings (SSSR count). The lowest BCUT2D eigenvalue weighted by atomic mass is 10.2. The molecular formula is C14H16N2O2.